The Labute approximate surface area is 188 Å². The first-order chi connectivity index (χ1) is 15.1. The predicted molar refractivity (Wildman–Crippen MR) is 122 cm³/mol. The number of furan rings is 1. The number of aryl methyl sites for hydroxylation is 1. The Morgan fingerprint density at radius 3 is 2.77 bits per heavy atom. The van der Waals surface area contributed by atoms with Crippen molar-refractivity contribution >= 4 is 40.3 Å². The fraction of sp³-hybridized carbons (Fsp3) is 0.174. The highest BCUT2D eigenvalue weighted by Crippen LogP contribution is 2.25. The molecule has 0 aliphatic heterocycles. The van der Waals surface area contributed by atoms with Crippen molar-refractivity contribution < 1.29 is 9.21 Å². The zero-order valence-corrected chi connectivity index (χ0v) is 18.1. The maximum atomic E-state index is 12.4. The summed E-state index contributed by atoms with van der Waals surface area (Å²) < 4.78 is 7.80. The first-order valence-electron chi connectivity index (χ1n) is 9.70. The molecule has 6 nitrogen and oxygen atoms in total. The van der Waals surface area contributed by atoms with Gasteiger partial charge in [0.1, 0.15) is 11.5 Å². The molecule has 2 aromatic carbocycles. The van der Waals surface area contributed by atoms with Gasteiger partial charge in [0, 0.05) is 17.1 Å². The van der Waals surface area contributed by atoms with Crippen LogP contribution in [0.4, 0.5) is 0 Å². The molecule has 1 N–H and O–H groups in total. The molecule has 0 radical (unpaired) electrons. The highest BCUT2D eigenvalue weighted by Gasteiger charge is 2.13. The van der Waals surface area contributed by atoms with Crippen molar-refractivity contribution in [2.75, 3.05) is 5.75 Å². The predicted octanol–water partition coefficient (Wildman–Crippen LogP) is 5.27. The van der Waals surface area contributed by atoms with Crippen molar-refractivity contribution in [3.8, 4) is 17.4 Å². The monoisotopic (exact) mass is 450 g/mol. The van der Waals surface area contributed by atoms with Crippen LogP contribution in [0.1, 0.15) is 12.2 Å². The van der Waals surface area contributed by atoms with E-state index in [1.165, 1.54) is 11.8 Å². The Morgan fingerprint density at radius 2 is 1.97 bits per heavy atom. The molecule has 0 spiro atoms. The number of hydrogen-bond donors (Lipinski definition) is 1. The Bertz CT molecular complexity index is 1240. The van der Waals surface area contributed by atoms with Gasteiger partial charge in [-0.25, -0.2) is 4.98 Å². The van der Waals surface area contributed by atoms with Crippen LogP contribution in [-0.2, 0) is 17.9 Å². The average Bonchev–Trinajstić information content (AvgIpc) is 3.40. The summed E-state index contributed by atoms with van der Waals surface area (Å²) >= 11 is 7.28. The number of carbonyl (C=O) groups is 1. The van der Waals surface area contributed by atoms with E-state index in [4.69, 9.17) is 21.3 Å². The molecule has 8 heteroatoms. The lowest BCUT2D eigenvalue weighted by molar-refractivity contribution is -0.118. The molecular formula is C23H19ClN4O2S. The number of benzene rings is 2. The number of nitrogens with one attached hydrogen (secondary N) is 1. The van der Waals surface area contributed by atoms with Crippen molar-refractivity contribution in [3.63, 3.8) is 0 Å². The van der Waals surface area contributed by atoms with Crippen LogP contribution >= 0.6 is 23.4 Å². The zero-order chi connectivity index (χ0) is 21.6. The molecule has 0 aliphatic rings. The van der Waals surface area contributed by atoms with Crippen LogP contribution in [0, 0.1) is 11.3 Å². The minimum absolute atomic E-state index is 0.117. The van der Waals surface area contributed by atoms with Crippen molar-refractivity contribution in [2.45, 2.75) is 24.7 Å². The standard InChI is InChI=1S/C23H19ClN4O2S/c24-17-8-6-16(7-9-17)21-11-10-18(30-21)14-26-22(29)15-31-23-27-19-4-1-2-5-20(19)28(23)13-3-12-25/h1-2,4-11H,3,13-15H2,(H,26,29). The van der Waals surface area contributed by atoms with Crippen LogP contribution in [0.15, 0.2) is 70.2 Å². The summed E-state index contributed by atoms with van der Waals surface area (Å²) in [7, 11) is 0. The fourth-order valence-corrected chi connectivity index (χ4v) is 4.15. The second-order valence-electron chi connectivity index (χ2n) is 6.78. The van der Waals surface area contributed by atoms with E-state index in [0.29, 0.717) is 30.3 Å². The van der Waals surface area contributed by atoms with Gasteiger partial charge in [-0.05, 0) is 48.5 Å². The van der Waals surface area contributed by atoms with E-state index in [2.05, 4.69) is 16.4 Å². The summed E-state index contributed by atoms with van der Waals surface area (Å²) in [5, 5.41) is 13.2. The number of amides is 1. The van der Waals surface area contributed by atoms with E-state index in [9.17, 15) is 4.79 Å². The normalized spacial score (nSPS) is 10.8. The van der Waals surface area contributed by atoms with Gasteiger partial charge in [0.2, 0.25) is 5.91 Å². The summed E-state index contributed by atoms with van der Waals surface area (Å²) in [6, 6.07) is 21.0. The summed E-state index contributed by atoms with van der Waals surface area (Å²) in [5.41, 5.74) is 2.74. The number of nitriles is 1. The number of hydrogen-bond acceptors (Lipinski definition) is 5. The molecule has 0 saturated heterocycles. The molecule has 0 atom stereocenters. The van der Waals surface area contributed by atoms with Crippen molar-refractivity contribution in [1.29, 1.82) is 5.26 Å². The van der Waals surface area contributed by atoms with Gasteiger partial charge in [-0.2, -0.15) is 5.26 Å². The van der Waals surface area contributed by atoms with Crippen LogP contribution in [0.25, 0.3) is 22.4 Å². The molecule has 4 aromatic rings. The molecular weight excluding hydrogens is 432 g/mol. The summed E-state index contributed by atoms with van der Waals surface area (Å²) in [6.45, 7) is 0.846. The molecule has 4 rings (SSSR count). The second-order valence-corrected chi connectivity index (χ2v) is 8.16. The maximum Gasteiger partial charge on any atom is 0.230 e. The van der Waals surface area contributed by atoms with Gasteiger partial charge in [-0.15, -0.1) is 0 Å². The number of para-hydroxylation sites is 2. The molecule has 156 valence electrons. The number of fused-ring (bicyclic) bond motifs is 1. The quantitative estimate of drug-likeness (QED) is 0.369. The van der Waals surface area contributed by atoms with Gasteiger partial charge in [-0.1, -0.05) is 35.5 Å². The minimum Gasteiger partial charge on any atom is -0.459 e. The third kappa shape index (κ3) is 5.10. The molecule has 2 heterocycles. The lowest BCUT2D eigenvalue weighted by Crippen LogP contribution is -2.24. The van der Waals surface area contributed by atoms with E-state index in [1.54, 1.807) is 0 Å². The number of halogens is 1. The summed E-state index contributed by atoms with van der Waals surface area (Å²) in [4.78, 5) is 17.0. The third-order valence-corrected chi connectivity index (χ3v) is 5.88. The molecule has 0 bridgehead atoms. The van der Waals surface area contributed by atoms with Crippen molar-refractivity contribution in [1.82, 2.24) is 14.9 Å². The van der Waals surface area contributed by atoms with E-state index in [0.717, 1.165) is 27.5 Å². The molecule has 31 heavy (non-hydrogen) atoms. The highest BCUT2D eigenvalue weighted by molar-refractivity contribution is 7.99. The van der Waals surface area contributed by atoms with E-state index >= 15 is 0 Å². The Morgan fingerprint density at radius 1 is 1.16 bits per heavy atom. The van der Waals surface area contributed by atoms with Gasteiger partial charge in [-0.3, -0.25) is 4.79 Å². The molecule has 0 saturated carbocycles. The van der Waals surface area contributed by atoms with E-state index < -0.39 is 0 Å². The molecule has 1 amide bonds. The summed E-state index contributed by atoms with van der Waals surface area (Å²) in [5.74, 6) is 1.50. The number of aromatic nitrogens is 2. The lowest BCUT2D eigenvalue weighted by Gasteiger charge is -2.07. The summed E-state index contributed by atoms with van der Waals surface area (Å²) in [6.07, 6.45) is 0.383. The van der Waals surface area contributed by atoms with Crippen molar-refractivity contribution in [2.24, 2.45) is 0 Å². The topological polar surface area (TPSA) is 83.9 Å². The van der Waals surface area contributed by atoms with Crippen LogP contribution in [0.5, 0.6) is 0 Å². The number of carbonyl (C=O) groups excluding carboxylic acids is 1. The molecule has 0 unspecified atom stereocenters. The maximum absolute atomic E-state index is 12.4. The molecule has 0 fully saturated rings. The number of imidazole rings is 1. The average molecular weight is 451 g/mol. The van der Waals surface area contributed by atoms with Gasteiger partial charge >= 0.3 is 0 Å². The number of rotatable bonds is 8. The van der Waals surface area contributed by atoms with E-state index in [-0.39, 0.29) is 11.7 Å². The van der Waals surface area contributed by atoms with Crippen LogP contribution in [-0.4, -0.2) is 21.2 Å². The second kappa shape index (κ2) is 9.73. The van der Waals surface area contributed by atoms with Gasteiger partial charge in [0.25, 0.3) is 0 Å². The smallest absolute Gasteiger partial charge is 0.230 e. The largest absolute Gasteiger partial charge is 0.459 e. The first kappa shape index (κ1) is 21.0. The van der Waals surface area contributed by atoms with Crippen LogP contribution in [0.2, 0.25) is 5.02 Å². The van der Waals surface area contributed by atoms with E-state index in [1.807, 2.05) is 65.2 Å². The highest BCUT2D eigenvalue weighted by atomic mass is 35.5. The number of nitrogens with zero attached hydrogens (tertiary/aromatic N) is 3. The zero-order valence-electron chi connectivity index (χ0n) is 16.5. The Balaban J connectivity index is 1.35. The first-order valence-corrected chi connectivity index (χ1v) is 11.1. The van der Waals surface area contributed by atoms with Crippen LogP contribution in [0.3, 0.4) is 0 Å². The molecule has 0 aliphatic carbocycles. The third-order valence-electron chi connectivity index (χ3n) is 4.65. The van der Waals surface area contributed by atoms with Gasteiger partial charge in [0.15, 0.2) is 5.16 Å². The lowest BCUT2D eigenvalue weighted by atomic mass is 10.2. The molecule has 2 aromatic heterocycles. The fourth-order valence-electron chi connectivity index (χ4n) is 3.15. The number of thioether (sulfide) groups is 1. The minimum atomic E-state index is -0.117. The van der Waals surface area contributed by atoms with Gasteiger partial charge in [0.05, 0.1) is 35.8 Å². The Hall–Kier alpha value is -3.21. The van der Waals surface area contributed by atoms with Crippen molar-refractivity contribution in [3.05, 3.63) is 71.4 Å². The SMILES string of the molecule is N#CCCn1c(SCC(=O)NCc2ccc(-c3ccc(Cl)cc3)o2)nc2ccccc21. The van der Waals surface area contributed by atoms with Crippen LogP contribution < -0.4 is 5.32 Å². The Kier molecular flexibility index (Phi) is 6.60. The van der Waals surface area contributed by atoms with Gasteiger partial charge < -0.3 is 14.3 Å².